The first kappa shape index (κ1) is 19.6. The SMILES string of the molecule is COc1ccc(C)cc1NC(=O)COC(=O)/C=C/c1ccc([N+](=O)[O-])cc1. The fourth-order valence-electron chi connectivity index (χ4n) is 2.16. The lowest BCUT2D eigenvalue weighted by molar-refractivity contribution is -0.384. The molecule has 0 saturated heterocycles. The largest absolute Gasteiger partial charge is 0.495 e. The maximum atomic E-state index is 11.9. The van der Waals surface area contributed by atoms with Crippen LogP contribution in [0.1, 0.15) is 11.1 Å². The zero-order valence-electron chi connectivity index (χ0n) is 14.8. The molecule has 8 nitrogen and oxygen atoms in total. The Labute approximate surface area is 155 Å². The topological polar surface area (TPSA) is 108 Å². The highest BCUT2D eigenvalue weighted by Gasteiger charge is 2.10. The Morgan fingerprint density at radius 3 is 2.52 bits per heavy atom. The zero-order chi connectivity index (χ0) is 19.8. The van der Waals surface area contributed by atoms with Gasteiger partial charge in [0.25, 0.3) is 11.6 Å². The minimum Gasteiger partial charge on any atom is -0.495 e. The van der Waals surface area contributed by atoms with Crippen LogP contribution in [0.15, 0.2) is 48.5 Å². The maximum absolute atomic E-state index is 11.9. The number of ether oxygens (including phenoxy) is 2. The van der Waals surface area contributed by atoms with Gasteiger partial charge >= 0.3 is 5.97 Å². The van der Waals surface area contributed by atoms with Crippen LogP contribution in [0.4, 0.5) is 11.4 Å². The van der Waals surface area contributed by atoms with Crippen molar-refractivity contribution in [3.05, 3.63) is 69.8 Å². The summed E-state index contributed by atoms with van der Waals surface area (Å²) in [4.78, 5) is 33.7. The van der Waals surface area contributed by atoms with Crippen LogP contribution in [-0.2, 0) is 14.3 Å². The Morgan fingerprint density at radius 2 is 1.89 bits per heavy atom. The van der Waals surface area contributed by atoms with Gasteiger partial charge in [-0.25, -0.2) is 4.79 Å². The van der Waals surface area contributed by atoms with Gasteiger partial charge in [-0.2, -0.15) is 0 Å². The second-order valence-electron chi connectivity index (χ2n) is 5.54. The number of nitro benzene ring substituents is 1. The molecule has 0 unspecified atom stereocenters. The van der Waals surface area contributed by atoms with Crippen molar-refractivity contribution in [3.63, 3.8) is 0 Å². The summed E-state index contributed by atoms with van der Waals surface area (Å²) in [7, 11) is 1.49. The van der Waals surface area contributed by atoms with Gasteiger partial charge in [0.1, 0.15) is 5.75 Å². The summed E-state index contributed by atoms with van der Waals surface area (Å²) < 4.78 is 10.0. The first-order chi connectivity index (χ1) is 12.9. The Bertz CT molecular complexity index is 874. The van der Waals surface area contributed by atoms with Gasteiger partial charge in [0, 0.05) is 18.2 Å². The Hall–Kier alpha value is -3.68. The number of nitrogens with one attached hydrogen (secondary N) is 1. The van der Waals surface area contributed by atoms with Crippen molar-refractivity contribution in [1.29, 1.82) is 0 Å². The van der Waals surface area contributed by atoms with Crippen LogP contribution in [0.25, 0.3) is 6.08 Å². The molecule has 140 valence electrons. The maximum Gasteiger partial charge on any atom is 0.331 e. The monoisotopic (exact) mass is 370 g/mol. The quantitative estimate of drug-likeness (QED) is 0.347. The van der Waals surface area contributed by atoms with Crippen LogP contribution in [0, 0.1) is 17.0 Å². The van der Waals surface area contributed by atoms with Gasteiger partial charge in [-0.15, -0.1) is 0 Å². The summed E-state index contributed by atoms with van der Waals surface area (Å²) >= 11 is 0. The van der Waals surface area contributed by atoms with E-state index in [1.54, 1.807) is 12.1 Å². The van der Waals surface area contributed by atoms with Crippen molar-refractivity contribution in [2.24, 2.45) is 0 Å². The van der Waals surface area contributed by atoms with E-state index in [9.17, 15) is 19.7 Å². The molecule has 0 aliphatic heterocycles. The van der Waals surface area contributed by atoms with Gasteiger partial charge in [0.05, 0.1) is 17.7 Å². The van der Waals surface area contributed by atoms with E-state index >= 15 is 0 Å². The van der Waals surface area contributed by atoms with Crippen LogP contribution in [0.2, 0.25) is 0 Å². The van der Waals surface area contributed by atoms with E-state index in [4.69, 9.17) is 9.47 Å². The number of carbonyl (C=O) groups excluding carboxylic acids is 2. The highest BCUT2D eigenvalue weighted by molar-refractivity contribution is 5.95. The Kier molecular flexibility index (Phi) is 6.65. The number of non-ortho nitro benzene ring substituents is 1. The fraction of sp³-hybridized carbons (Fsp3) is 0.158. The summed E-state index contributed by atoms with van der Waals surface area (Å²) in [5, 5.41) is 13.2. The third-order valence-corrected chi connectivity index (χ3v) is 3.49. The van der Waals surface area contributed by atoms with Crippen molar-refractivity contribution in [1.82, 2.24) is 0 Å². The molecule has 0 aromatic heterocycles. The summed E-state index contributed by atoms with van der Waals surface area (Å²) in [5.74, 6) is -0.714. The number of benzene rings is 2. The zero-order valence-corrected chi connectivity index (χ0v) is 14.8. The predicted molar refractivity (Wildman–Crippen MR) is 99.5 cm³/mol. The van der Waals surface area contributed by atoms with E-state index in [-0.39, 0.29) is 5.69 Å². The van der Waals surface area contributed by atoms with Crippen molar-refractivity contribution in [3.8, 4) is 5.75 Å². The van der Waals surface area contributed by atoms with E-state index in [0.29, 0.717) is 17.0 Å². The molecule has 0 spiro atoms. The first-order valence-electron chi connectivity index (χ1n) is 7.93. The number of nitrogens with zero attached hydrogens (tertiary/aromatic N) is 1. The van der Waals surface area contributed by atoms with Crippen molar-refractivity contribution < 1.29 is 24.0 Å². The third-order valence-electron chi connectivity index (χ3n) is 3.49. The molecule has 0 aliphatic carbocycles. The summed E-state index contributed by atoms with van der Waals surface area (Å²) in [6, 6.07) is 11.0. The molecule has 8 heteroatoms. The highest BCUT2D eigenvalue weighted by Crippen LogP contribution is 2.25. The number of nitro groups is 1. The van der Waals surface area contributed by atoms with Gasteiger partial charge in [-0.05, 0) is 48.4 Å². The lowest BCUT2D eigenvalue weighted by atomic mass is 10.2. The molecular formula is C19H18N2O6. The standard InChI is InChI=1S/C19H18N2O6/c1-13-3-9-17(26-2)16(11-13)20-18(22)12-27-19(23)10-6-14-4-7-15(8-5-14)21(24)25/h3-11H,12H2,1-2H3,(H,20,22)/b10-6+. The highest BCUT2D eigenvalue weighted by atomic mass is 16.6. The van der Waals surface area contributed by atoms with Gasteiger partial charge in [-0.3, -0.25) is 14.9 Å². The molecule has 2 aromatic carbocycles. The molecule has 1 amide bonds. The van der Waals surface area contributed by atoms with Gasteiger partial charge in [-0.1, -0.05) is 6.07 Å². The van der Waals surface area contributed by atoms with E-state index in [1.165, 1.54) is 37.5 Å². The number of carbonyl (C=O) groups is 2. The Balaban J connectivity index is 1.87. The molecule has 0 saturated carbocycles. The molecular weight excluding hydrogens is 352 g/mol. The van der Waals surface area contributed by atoms with Crippen LogP contribution in [0.5, 0.6) is 5.75 Å². The molecule has 0 radical (unpaired) electrons. The second kappa shape index (κ2) is 9.14. The van der Waals surface area contributed by atoms with Crippen LogP contribution < -0.4 is 10.1 Å². The van der Waals surface area contributed by atoms with E-state index in [1.807, 2.05) is 13.0 Å². The fourth-order valence-corrected chi connectivity index (χ4v) is 2.16. The average molecular weight is 370 g/mol. The normalized spacial score (nSPS) is 10.4. The van der Waals surface area contributed by atoms with Gasteiger partial charge in [0.15, 0.2) is 6.61 Å². The number of anilines is 1. The van der Waals surface area contributed by atoms with E-state index < -0.39 is 23.4 Å². The third kappa shape index (κ3) is 5.96. The number of hydrogen-bond donors (Lipinski definition) is 1. The number of methoxy groups -OCH3 is 1. The summed E-state index contributed by atoms with van der Waals surface area (Å²) in [6.07, 6.45) is 2.58. The molecule has 27 heavy (non-hydrogen) atoms. The average Bonchev–Trinajstić information content (AvgIpc) is 2.65. The van der Waals surface area contributed by atoms with Crippen molar-refractivity contribution in [2.45, 2.75) is 6.92 Å². The minimum atomic E-state index is -0.709. The molecule has 2 aromatic rings. The summed E-state index contributed by atoms with van der Waals surface area (Å²) in [5.41, 5.74) is 1.97. The number of amides is 1. The lowest BCUT2D eigenvalue weighted by Crippen LogP contribution is -2.20. The number of hydrogen-bond acceptors (Lipinski definition) is 6. The van der Waals surface area contributed by atoms with E-state index in [0.717, 1.165) is 11.6 Å². The summed E-state index contributed by atoms with van der Waals surface area (Å²) in [6.45, 7) is 1.42. The predicted octanol–water partition coefficient (Wildman–Crippen LogP) is 3.11. The van der Waals surface area contributed by atoms with Crippen LogP contribution >= 0.6 is 0 Å². The molecule has 0 atom stereocenters. The molecule has 0 bridgehead atoms. The molecule has 0 fully saturated rings. The lowest BCUT2D eigenvalue weighted by Gasteiger charge is -2.10. The smallest absolute Gasteiger partial charge is 0.331 e. The van der Waals surface area contributed by atoms with Crippen molar-refractivity contribution >= 4 is 29.3 Å². The van der Waals surface area contributed by atoms with Gasteiger partial charge in [0.2, 0.25) is 0 Å². The van der Waals surface area contributed by atoms with Gasteiger partial charge < -0.3 is 14.8 Å². The number of esters is 1. The molecule has 0 aliphatic rings. The second-order valence-corrected chi connectivity index (χ2v) is 5.54. The molecule has 0 heterocycles. The number of rotatable bonds is 7. The molecule has 2 rings (SSSR count). The molecule has 1 N–H and O–H groups in total. The van der Waals surface area contributed by atoms with Crippen LogP contribution in [0.3, 0.4) is 0 Å². The van der Waals surface area contributed by atoms with E-state index in [2.05, 4.69) is 5.32 Å². The Morgan fingerprint density at radius 1 is 1.19 bits per heavy atom. The number of aryl methyl sites for hydroxylation is 1. The van der Waals surface area contributed by atoms with Crippen molar-refractivity contribution in [2.75, 3.05) is 19.0 Å². The van der Waals surface area contributed by atoms with Crippen LogP contribution in [-0.4, -0.2) is 30.5 Å². The first-order valence-corrected chi connectivity index (χ1v) is 7.93. The minimum absolute atomic E-state index is 0.0435.